The minimum Gasteiger partial charge on any atom is -0.363 e. The maximum Gasteiger partial charge on any atom is 0.139 e. The van der Waals surface area contributed by atoms with Crippen LogP contribution in [0.3, 0.4) is 0 Å². The third-order valence-corrected chi connectivity index (χ3v) is 5.94. The number of H-pyrrole nitrogens is 1. The lowest BCUT2D eigenvalue weighted by Crippen LogP contribution is -2.40. The van der Waals surface area contributed by atoms with Gasteiger partial charge in [-0.05, 0) is 39.1 Å². The number of rotatable bonds is 2. The summed E-state index contributed by atoms with van der Waals surface area (Å²) in [4.78, 5) is 21.9. The Morgan fingerprint density at radius 2 is 2.12 bits per heavy atom. The fourth-order valence-corrected chi connectivity index (χ4v) is 4.56. The van der Waals surface area contributed by atoms with Gasteiger partial charge in [-0.15, -0.1) is 0 Å². The summed E-state index contributed by atoms with van der Waals surface area (Å²) in [6.07, 6.45) is 7.78. The number of aromatic nitrogens is 4. The Morgan fingerprint density at radius 1 is 1.19 bits per heavy atom. The second-order valence-corrected chi connectivity index (χ2v) is 7.68. The van der Waals surface area contributed by atoms with Gasteiger partial charge < -0.3 is 14.8 Å². The lowest BCUT2D eigenvalue weighted by Gasteiger charge is -2.37. The molecular formula is C20H24N6. The molecule has 0 unspecified atom stereocenters. The highest BCUT2D eigenvalue weighted by Crippen LogP contribution is 2.36. The molecule has 3 aromatic rings. The van der Waals surface area contributed by atoms with Crippen LogP contribution < -0.4 is 4.90 Å². The Kier molecular flexibility index (Phi) is 3.67. The molecule has 2 aliphatic heterocycles. The van der Waals surface area contributed by atoms with Gasteiger partial charge >= 0.3 is 0 Å². The molecule has 2 aliphatic rings. The number of hydrogen-bond acceptors (Lipinski definition) is 5. The van der Waals surface area contributed by atoms with Crippen LogP contribution in [0.1, 0.15) is 36.2 Å². The average molecular weight is 348 g/mol. The Hall–Kier alpha value is -2.47. The number of nitrogens with one attached hydrogen (secondary N) is 1. The maximum atomic E-state index is 4.73. The Balaban J connectivity index is 1.56. The van der Waals surface area contributed by atoms with Crippen LogP contribution in [0, 0.1) is 0 Å². The number of fused-ring (bicyclic) bond motifs is 2. The minimum atomic E-state index is 0.400. The van der Waals surface area contributed by atoms with E-state index in [-0.39, 0.29) is 0 Å². The van der Waals surface area contributed by atoms with E-state index < -0.39 is 0 Å². The van der Waals surface area contributed by atoms with Crippen LogP contribution in [0.15, 0.2) is 30.9 Å². The first-order chi connectivity index (χ1) is 12.7. The number of likely N-dealkylation sites (tertiary alicyclic amines) is 1. The molecule has 5 heterocycles. The van der Waals surface area contributed by atoms with Crippen molar-refractivity contribution in [3.63, 3.8) is 0 Å². The molecule has 3 aromatic heterocycles. The standard InChI is InChI=1S/C20H24N6/c1-13-9-17-16(19(24-12-23-17)14-5-8-25(2)10-14)11-26(13)18-4-7-22-20-15(18)3-6-21-20/h3-4,6-7,12-14H,5,8-11H2,1-2H3,(H,21,22)/t13-,14+/m1/s1. The van der Waals surface area contributed by atoms with E-state index in [1.54, 1.807) is 6.33 Å². The third-order valence-electron chi connectivity index (χ3n) is 5.94. The second kappa shape index (κ2) is 6.06. The van der Waals surface area contributed by atoms with E-state index in [1.807, 2.05) is 12.4 Å². The largest absolute Gasteiger partial charge is 0.363 e. The third kappa shape index (κ3) is 2.48. The molecule has 0 amide bonds. The normalized spacial score (nSPS) is 23.5. The SMILES string of the molecule is C[C@@H]1Cc2ncnc([C@H]3CCN(C)C3)c2CN1c1ccnc2[nH]ccc12. The van der Waals surface area contributed by atoms with Crippen molar-refractivity contribution >= 4 is 16.7 Å². The van der Waals surface area contributed by atoms with Gasteiger partial charge in [0.15, 0.2) is 0 Å². The molecule has 0 saturated carbocycles. The van der Waals surface area contributed by atoms with E-state index in [4.69, 9.17) is 4.98 Å². The van der Waals surface area contributed by atoms with Crippen molar-refractivity contribution in [1.82, 2.24) is 24.8 Å². The summed E-state index contributed by atoms with van der Waals surface area (Å²) in [5.41, 5.74) is 6.02. The Bertz CT molecular complexity index is 948. The molecule has 5 rings (SSSR count). The zero-order valence-electron chi connectivity index (χ0n) is 15.3. The van der Waals surface area contributed by atoms with Crippen molar-refractivity contribution in [3.05, 3.63) is 47.8 Å². The smallest absolute Gasteiger partial charge is 0.139 e. The number of aromatic amines is 1. The molecule has 1 fully saturated rings. The van der Waals surface area contributed by atoms with Gasteiger partial charge in [0, 0.05) is 60.5 Å². The zero-order chi connectivity index (χ0) is 17.7. The Morgan fingerprint density at radius 3 is 2.96 bits per heavy atom. The van der Waals surface area contributed by atoms with Crippen molar-refractivity contribution in [2.24, 2.45) is 0 Å². The first kappa shape index (κ1) is 15.8. The Labute approximate surface area is 153 Å². The zero-order valence-corrected chi connectivity index (χ0v) is 15.3. The van der Waals surface area contributed by atoms with Crippen molar-refractivity contribution in [1.29, 1.82) is 0 Å². The summed E-state index contributed by atoms with van der Waals surface area (Å²) in [5.74, 6) is 0.525. The van der Waals surface area contributed by atoms with Crippen LogP contribution in [-0.2, 0) is 13.0 Å². The topological polar surface area (TPSA) is 60.9 Å². The van der Waals surface area contributed by atoms with E-state index in [9.17, 15) is 0 Å². The highest BCUT2D eigenvalue weighted by atomic mass is 15.2. The number of hydrogen-bond donors (Lipinski definition) is 1. The lowest BCUT2D eigenvalue weighted by molar-refractivity contribution is 0.410. The van der Waals surface area contributed by atoms with Crippen LogP contribution in [-0.4, -0.2) is 51.0 Å². The van der Waals surface area contributed by atoms with Crippen LogP contribution in [0.25, 0.3) is 11.0 Å². The molecule has 6 nitrogen and oxygen atoms in total. The van der Waals surface area contributed by atoms with Crippen molar-refractivity contribution in [3.8, 4) is 0 Å². The van der Waals surface area contributed by atoms with Gasteiger partial charge in [-0.25, -0.2) is 15.0 Å². The molecule has 0 radical (unpaired) electrons. The van der Waals surface area contributed by atoms with Gasteiger partial charge in [0.1, 0.15) is 12.0 Å². The summed E-state index contributed by atoms with van der Waals surface area (Å²) in [5, 5.41) is 1.18. The maximum absolute atomic E-state index is 4.73. The van der Waals surface area contributed by atoms with E-state index in [2.05, 4.69) is 50.9 Å². The van der Waals surface area contributed by atoms with Crippen molar-refractivity contribution in [2.45, 2.75) is 38.3 Å². The summed E-state index contributed by atoms with van der Waals surface area (Å²) >= 11 is 0. The van der Waals surface area contributed by atoms with E-state index in [0.717, 1.165) is 31.7 Å². The van der Waals surface area contributed by atoms with Gasteiger partial charge in [0.25, 0.3) is 0 Å². The quantitative estimate of drug-likeness (QED) is 0.772. The predicted octanol–water partition coefficient (Wildman–Crippen LogP) is 2.72. The summed E-state index contributed by atoms with van der Waals surface area (Å²) < 4.78 is 0. The molecule has 6 heteroatoms. The molecule has 1 saturated heterocycles. The summed E-state index contributed by atoms with van der Waals surface area (Å²) in [6, 6.07) is 4.65. The van der Waals surface area contributed by atoms with Crippen molar-refractivity contribution < 1.29 is 0 Å². The van der Waals surface area contributed by atoms with Gasteiger partial charge in [-0.1, -0.05) is 0 Å². The van der Waals surface area contributed by atoms with Gasteiger partial charge in [-0.2, -0.15) is 0 Å². The molecule has 0 bridgehead atoms. The molecule has 0 aromatic carbocycles. The first-order valence-electron chi connectivity index (χ1n) is 9.40. The first-order valence-corrected chi connectivity index (χ1v) is 9.40. The molecule has 134 valence electrons. The van der Waals surface area contributed by atoms with Crippen LogP contribution in [0.2, 0.25) is 0 Å². The molecule has 26 heavy (non-hydrogen) atoms. The molecule has 0 spiro atoms. The highest BCUT2D eigenvalue weighted by molar-refractivity contribution is 5.90. The van der Waals surface area contributed by atoms with Gasteiger partial charge in [-0.3, -0.25) is 0 Å². The minimum absolute atomic E-state index is 0.400. The monoisotopic (exact) mass is 348 g/mol. The highest BCUT2D eigenvalue weighted by Gasteiger charge is 2.31. The van der Waals surface area contributed by atoms with Crippen LogP contribution in [0.4, 0.5) is 5.69 Å². The number of pyridine rings is 1. The molecule has 2 atom stereocenters. The fraction of sp³-hybridized carbons (Fsp3) is 0.450. The average Bonchev–Trinajstić information content (AvgIpc) is 3.29. The lowest BCUT2D eigenvalue weighted by atomic mass is 9.92. The summed E-state index contributed by atoms with van der Waals surface area (Å²) in [6.45, 7) is 5.40. The van der Waals surface area contributed by atoms with E-state index in [1.165, 1.54) is 34.4 Å². The number of likely N-dealkylation sites (N-methyl/N-ethyl adjacent to an activating group) is 1. The van der Waals surface area contributed by atoms with Crippen LogP contribution >= 0.6 is 0 Å². The van der Waals surface area contributed by atoms with E-state index >= 15 is 0 Å². The number of nitrogens with zero attached hydrogens (tertiary/aromatic N) is 5. The van der Waals surface area contributed by atoms with Crippen molar-refractivity contribution in [2.75, 3.05) is 25.0 Å². The molecular weight excluding hydrogens is 324 g/mol. The van der Waals surface area contributed by atoms with E-state index in [0.29, 0.717) is 12.0 Å². The van der Waals surface area contributed by atoms with Gasteiger partial charge in [0.05, 0.1) is 11.4 Å². The van der Waals surface area contributed by atoms with Gasteiger partial charge in [0.2, 0.25) is 0 Å². The second-order valence-electron chi connectivity index (χ2n) is 7.68. The fourth-order valence-electron chi connectivity index (χ4n) is 4.56. The number of anilines is 1. The van der Waals surface area contributed by atoms with Crippen LogP contribution in [0.5, 0.6) is 0 Å². The molecule has 1 N–H and O–H groups in total. The predicted molar refractivity (Wildman–Crippen MR) is 102 cm³/mol. The molecule has 0 aliphatic carbocycles. The summed E-state index contributed by atoms with van der Waals surface area (Å²) in [7, 11) is 2.20.